The highest BCUT2D eigenvalue weighted by atomic mass is 19.1. The van der Waals surface area contributed by atoms with Crippen molar-refractivity contribution in [1.29, 1.82) is 0 Å². The van der Waals surface area contributed by atoms with Crippen LogP contribution in [0.25, 0.3) is 0 Å². The summed E-state index contributed by atoms with van der Waals surface area (Å²) in [5, 5.41) is 14.1. The van der Waals surface area contributed by atoms with Crippen LogP contribution >= 0.6 is 0 Å². The van der Waals surface area contributed by atoms with Crippen LogP contribution in [0.2, 0.25) is 0 Å². The van der Waals surface area contributed by atoms with Crippen molar-refractivity contribution >= 4 is 23.1 Å². The molecular formula is C19H20FN5. The van der Waals surface area contributed by atoms with E-state index in [0.717, 1.165) is 11.3 Å². The van der Waals surface area contributed by atoms with Crippen LogP contribution in [0.5, 0.6) is 0 Å². The van der Waals surface area contributed by atoms with Crippen LogP contribution in [0.3, 0.4) is 0 Å². The maximum absolute atomic E-state index is 13.8. The number of anilines is 4. The van der Waals surface area contributed by atoms with Gasteiger partial charge in [0, 0.05) is 5.69 Å². The lowest BCUT2D eigenvalue weighted by Gasteiger charge is -2.22. The second kappa shape index (κ2) is 6.84. The third-order valence-corrected chi connectivity index (χ3v) is 3.68. The Morgan fingerprint density at radius 3 is 2.28 bits per heavy atom. The van der Waals surface area contributed by atoms with Gasteiger partial charge in [0.15, 0.2) is 5.82 Å². The fraction of sp³-hybridized carbons (Fsp3) is 0.211. The summed E-state index contributed by atoms with van der Waals surface area (Å²) < 4.78 is 13.8. The second-order valence-corrected chi connectivity index (χ2v) is 6.69. The summed E-state index contributed by atoms with van der Waals surface area (Å²) >= 11 is 0. The Morgan fingerprint density at radius 1 is 0.880 bits per heavy atom. The molecule has 0 unspecified atom stereocenters. The van der Waals surface area contributed by atoms with E-state index in [1.807, 2.05) is 18.2 Å². The molecule has 2 aromatic carbocycles. The van der Waals surface area contributed by atoms with E-state index in [-0.39, 0.29) is 11.2 Å². The molecule has 1 aromatic heterocycles. The molecule has 0 fully saturated rings. The van der Waals surface area contributed by atoms with Crippen molar-refractivity contribution in [3.05, 3.63) is 66.1 Å². The average Bonchev–Trinajstić information content (AvgIpc) is 2.57. The number of aromatic nitrogens is 3. The van der Waals surface area contributed by atoms with Gasteiger partial charge in [-0.05, 0) is 29.2 Å². The maximum Gasteiger partial charge on any atom is 0.249 e. The summed E-state index contributed by atoms with van der Waals surface area (Å²) in [6, 6.07) is 14.4. The summed E-state index contributed by atoms with van der Waals surface area (Å²) in [6.45, 7) is 6.42. The van der Waals surface area contributed by atoms with Gasteiger partial charge in [-0.25, -0.2) is 4.39 Å². The lowest BCUT2D eigenvalue weighted by Crippen LogP contribution is -2.14. The van der Waals surface area contributed by atoms with Crippen molar-refractivity contribution in [2.45, 2.75) is 26.2 Å². The van der Waals surface area contributed by atoms with E-state index in [1.54, 1.807) is 18.2 Å². The quantitative estimate of drug-likeness (QED) is 0.716. The van der Waals surface area contributed by atoms with E-state index in [2.05, 4.69) is 52.7 Å². The molecule has 25 heavy (non-hydrogen) atoms. The van der Waals surface area contributed by atoms with Crippen molar-refractivity contribution in [2.24, 2.45) is 0 Å². The molecular weight excluding hydrogens is 317 g/mol. The smallest absolute Gasteiger partial charge is 0.249 e. The normalized spacial score (nSPS) is 11.2. The topological polar surface area (TPSA) is 62.7 Å². The van der Waals surface area contributed by atoms with Crippen molar-refractivity contribution in [2.75, 3.05) is 10.6 Å². The summed E-state index contributed by atoms with van der Waals surface area (Å²) in [5.74, 6) is 0.405. The van der Waals surface area contributed by atoms with Crippen LogP contribution in [-0.4, -0.2) is 15.2 Å². The molecule has 6 heteroatoms. The molecule has 5 nitrogen and oxygen atoms in total. The Bertz CT molecular complexity index is 873. The largest absolute Gasteiger partial charge is 0.336 e. The zero-order chi connectivity index (χ0) is 17.9. The molecule has 0 radical (unpaired) electrons. The molecule has 0 aliphatic rings. The van der Waals surface area contributed by atoms with Crippen molar-refractivity contribution in [3.8, 4) is 0 Å². The molecule has 0 saturated heterocycles. The van der Waals surface area contributed by atoms with E-state index in [0.29, 0.717) is 17.5 Å². The average molecular weight is 337 g/mol. The van der Waals surface area contributed by atoms with Crippen molar-refractivity contribution in [1.82, 2.24) is 15.2 Å². The van der Waals surface area contributed by atoms with E-state index in [4.69, 9.17) is 0 Å². The summed E-state index contributed by atoms with van der Waals surface area (Å²) in [6.07, 6.45) is 1.45. The third kappa shape index (κ3) is 4.09. The molecule has 2 N–H and O–H groups in total. The Hall–Kier alpha value is -3.02. The van der Waals surface area contributed by atoms with Gasteiger partial charge in [-0.2, -0.15) is 10.1 Å². The molecule has 0 saturated carbocycles. The number of nitrogens with zero attached hydrogens (tertiary/aromatic N) is 3. The van der Waals surface area contributed by atoms with Crippen LogP contribution in [-0.2, 0) is 5.41 Å². The minimum Gasteiger partial charge on any atom is -0.336 e. The predicted molar refractivity (Wildman–Crippen MR) is 97.9 cm³/mol. The van der Waals surface area contributed by atoms with Gasteiger partial charge in [0.1, 0.15) is 5.82 Å². The van der Waals surface area contributed by atoms with Gasteiger partial charge in [0.25, 0.3) is 0 Å². The highest BCUT2D eigenvalue weighted by Crippen LogP contribution is 2.30. The summed E-state index contributed by atoms with van der Waals surface area (Å²) in [4.78, 5) is 4.37. The fourth-order valence-electron chi connectivity index (χ4n) is 2.48. The number of halogens is 1. The molecule has 0 aliphatic heterocycles. The lowest BCUT2D eigenvalue weighted by molar-refractivity contribution is 0.592. The Balaban J connectivity index is 1.85. The standard InChI is InChI=1S/C19H20FN5/c1-19(2,3)13-8-4-6-10-15(13)23-18-24-17(12-21-25-18)22-16-11-7-5-9-14(16)20/h4-12H,1-3H3,(H2,22,23,24,25). The molecule has 1 heterocycles. The van der Waals surface area contributed by atoms with Crippen molar-refractivity contribution in [3.63, 3.8) is 0 Å². The van der Waals surface area contributed by atoms with E-state index < -0.39 is 0 Å². The number of para-hydroxylation sites is 2. The van der Waals surface area contributed by atoms with Gasteiger partial charge in [-0.3, -0.25) is 0 Å². The summed E-state index contributed by atoms with van der Waals surface area (Å²) in [7, 11) is 0. The molecule has 0 amide bonds. The monoisotopic (exact) mass is 337 g/mol. The fourth-order valence-corrected chi connectivity index (χ4v) is 2.48. The number of nitrogens with one attached hydrogen (secondary N) is 2. The third-order valence-electron chi connectivity index (χ3n) is 3.68. The molecule has 3 rings (SSSR count). The number of rotatable bonds is 4. The molecule has 128 valence electrons. The van der Waals surface area contributed by atoms with Crippen molar-refractivity contribution < 1.29 is 4.39 Å². The number of hydrogen-bond acceptors (Lipinski definition) is 5. The summed E-state index contributed by atoms with van der Waals surface area (Å²) in [5.41, 5.74) is 2.37. The van der Waals surface area contributed by atoms with E-state index in [9.17, 15) is 4.39 Å². The van der Waals surface area contributed by atoms with Gasteiger partial charge in [-0.15, -0.1) is 5.10 Å². The molecule has 0 atom stereocenters. The SMILES string of the molecule is CC(C)(C)c1ccccc1Nc1nncc(Nc2ccccc2F)n1. The molecule has 3 aromatic rings. The molecule has 0 bridgehead atoms. The van der Waals surface area contributed by atoms with Gasteiger partial charge in [-0.1, -0.05) is 51.1 Å². The Kier molecular flexibility index (Phi) is 4.61. The highest BCUT2D eigenvalue weighted by Gasteiger charge is 2.18. The van der Waals surface area contributed by atoms with Crippen LogP contribution in [0.1, 0.15) is 26.3 Å². The van der Waals surface area contributed by atoms with Gasteiger partial charge in [0.2, 0.25) is 5.95 Å². The predicted octanol–water partition coefficient (Wildman–Crippen LogP) is 4.80. The van der Waals surface area contributed by atoms with E-state index >= 15 is 0 Å². The highest BCUT2D eigenvalue weighted by molar-refractivity contribution is 5.62. The first-order valence-corrected chi connectivity index (χ1v) is 8.01. The molecule has 0 spiro atoms. The Labute approximate surface area is 146 Å². The maximum atomic E-state index is 13.8. The second-order valence-electron chi connectivity index (χ2n) is 6.69. The van der Waals surface area contributed by atoms with E-state index in [1.165, 1.54) is 12.3 Å². The first-order chi connectivity index (χ1) is 11.9. The minimum absolute atomic E-state index is 0.0277. The number of benzene rings is 2. The van der Waals surface area contributed by atoms with Crippen LogP contribution in [0.4, 0.5) is 27.5 Å². The Morgan fingerprint density at radius 2 is 1.56 bits per heavy atom. The van der Waals surface area contributed by atoms with Crippen LogP contribution in [0.15, 0.2) is 54.7 Å². The first kappa shape index (κ1) is 16.8. The van der Waals surface area contributed by atoms with Crippen LogP contribution in [0, 0.1) is 5.82 Å². The lowest BCUT2D eigenvalue weighted by atomic mass is 9.86. The minimum atomic E-state index is -0.353. The zero-order valence-corrected chi connectivity index (χ0v) is 14.4. The zero-order valence-electron chi connectivity index (χ0n) is 14.4. The first-order valence-electron chi connectivity index (χ1n) is 8.01. The molecule has 0 aliphatic carbocycles. The van der Waals surface area contributed by atoms with Crippen LogP contribution < -0.4 is 10.6 Å². The number of hydrogen-bond donors (Lipinski definition) is 2. The van der Waals surface area contributed by atoms with Gasteiger partial charge >= 0.3 is 0 Å². The van der Waals surface area contributed by atoms with Gasteiger partial charge < -0.3 is 10.6 Å². The van der Waals surface area contributed by atoms with Gasteiger partial charge in [0.05, 0.1) is 11.9 Å².